The highest BCUT2D eigenvalue weighted by Crippen LogP contribution is 2.40. The van der Waals surface area contributed by atoms with Gasteiger partial charge in [0.25, 0.3) is 0 Å². The summed E-state index contributed by atoms with van der Waals surface area (Å²) in [7, 11) is 3.61. The Kier molecular flexibility index (Phi) is 5.14. The number of rotatable bonds is 5. The average molecular weight is 294 g/mol. The first-order valence-electron chi connectivity index (χ1n) is 5.99. The van der Waals surface area contributed by atoms with Gasteiger partial charge in [0.15, 0.2) is 0 Å². The lowest BCUT2D eigenvalue weighted by Gasteiger charge is -2.12. The second-order valence-corrected chi connectivity index (χ2v) is 5.47. The summed E-state index contributed by atoms with van der Waals surface area (Å²) >= 11 is 7.96. The fraction of sp³-hybridized carbons (Fsp3) is 0.200. The summed E-state index contributed by atoms with van der Waals surface area (Å²) in [5, 5.41) is 3.93. The summed E-state index contributed by atoms with van der Waals surface area (Å²) in [4.78, 5) is 2.14. The molecule has 0 radical (unpaired) electrons. The summed E-state index contributed by atoms with van der Waals surface area (Å²) in [6.07, 6.45) is 0. The van der Waals surface area contributed by atoms with E-state index in [1.165, 1.54) is 5.56 Å². The first-order valence-corrected chi connectivity index (χ1v) is 7.18. The first kappa shape index (κ1) is 14.3. The van der Waals surface area contributed by atoms with Crippen molar-refractivity contribution in [3.63, 3.8) is 0 Å². The molecule has 0 spiro atoms. The van der Waals surface area contributed by atoms with E-state index in [-0.39, 0.29) is 0 Å². The molecule has 0 bridgehead atoms. The molecule has 2 aromatic rings. The highest BCUT2D eigenvalue weighted by atomic mass is 35.5. The van der Waals surface area contributed by atoms with Gasteiger partial charge in [-0.1, -0.05) is 47.6 Å². The molecule has 0 heterocycles. The summed E-state index contributed by atoms with van der Waals surface area (Å²) in [6, 6.07) is 13.9. The van der Waals surface area contributed by atoms with E-state index in [2.05, 4.69) is 11.4 Å². The Morgan fingerprint density at radius 3 is 2.68 bits per heavy atom. The van der Waals surface area contributed by atoms with E-state index >= 15 is 0 Å². The fourth-order valence-corrected chi connectivity index (χ4v) is 3.18. The normalized spacial score (nSPS) is 10.5. The predicted octanol–water partition coefficient (Wildman–Crippen LogP) is 4.22. The predicted molar refractivity (Wildman–Crippen MR) is 81.3 cm³/mol. The van der Waals surface area contributed by atoms with Crippen LogP contribution in [0.3, 0.4) is 0 Å². The van der Waals surface area contributed by atoms with Gasteiger partial charge in [0.05, 0.1) is 17.0 Å². The van der Waals surface area contributed by atoms with Crippen molar-refractivity contribution in [1.82, 2.24) is 5.32 Å². The van der Waals surface area contributed by atoms with Gasteiger partial charge in [-0.15, -0.1) is 0 Å². The number of para-hydroxylation sites is 1. The highest BCUT2D eigenvalue weighted by molar-refractivity contribution is 7.99. The smallest absolute Gasteiger partial charge is 0.132 e. The van der Waals surface area contributed by atoms with Crippen molar-refractivity contribution < 1.29 is 4.74 Å². The Morgan fingerprint density at radius 2 is 1.95 bits per heavy atom. The van der Waals surface area contributed by atoms with Crippen molar-refractivity contribution in [3.8, 4) is 5.75 Å². The molecule has 1 N–H and O–H groups in total. The van der Waals surface area contributed by atoms with Crippen molar-refractivity contribution in [3.05, 3.63) is 53.1 Å². The Morgan fingerprint density at radius 1 is 1.16 bits per heavy atom. The zero-order chi connectivity index (χ0) is 13.7. The Labute approximate surface area is 123 Å². The molecule has 0 fully saturated rings. The molecule has 2 aromatic carbocycles. The molecule has 0 atom stereocenters. The largest absolute Gasteiger partial charge is 0.496 e. The fourth-order valence-electron chi connectivity index (χ4n) is 1.81. The van der Waals surface area contributed by atoms with Crippen molar-refractivity contribution in [2.75, 3.05) is 14.2 Å². The van der Waals surface area contributed by atoms with Gasteiger partial charge in [0.1, 0.15) is 5.75 Å². The third-order valence-corrected chi connectivity index (χ3v) is 4.37. The van der Waals surface area contributed by atoms with E-state index in [0.717, 1.165) is 27.1 Å². The lowest BCUT2D eigenvalue weighted by Crippen LogP contribution is -2.06. The molecule has 100 valence electrons. The summed E-state index contributed by atoms with van der Waals surface area (Å²) in [5.74, 6) is 0.864. The molecule has 0 aliphatic carbocycles. The lowest BCUT2D eigenvalue weighted by atomic mass is 10.2. The molecule has 19 heavy (non-hydrogen) atoms. The van der Waals surface area contributed by atoms with E-state index in [0.29, 0.717) is 0 Å². The number of ether oxygens (including phenoxy) is 1. The van der Waals surface area contributed by atoms with E-state index in [9.17, 15) is 0 Å². The first-order chi connectivity index (χ1) is 9.26. The van der Waals surface area contributed by atoms with Gasteiger partial charge in [-0.2, -0.15) is 0 Å². The second-order valence-electron chi connectivity index (χ2n) is 4.01. The molecule has 0 aliphatic rings. The second kappa shape index (κ2) is 6.85. The number of methoxy groups -OCH3 is 1. The quantitative estimate of drug-likeness (QED) is 0.892. The minimum Gasteiger partial charge on any atom is -0.496 e. The maximum atomic E-state index is 6.32. The van der Waals surface area contributed by atoms with Crippen LogP contribution in [0.1, 0.15) is 5.56 Å². The third kappa shape index (κ3) is 3.44. The number of benzene rings is 2. The van der Waals surface area contributed by atoms with Crippen molar-refractivity contribution in [1.29, 1.82) is 0 Å². The molecule has 2 rings (SSSR count). The highest BCUT2D eigenvalue weighted by Gasteiger charge is 2.11. The van der Waals surface area contributed by atoms with Gasteiger partial charge >= 0.3 is 0 Å². The van der Waals surface area contributed by atoms with Crippen molar-refractivity contribution >= 4 is 23.4 Å². The number of hydrogen-bond donors (Lipinski definition) is 1. The molecular formula is C15H16ClNOS. The Bertz CT molecular complexity index is 560. The molecular weight excluding hydrogens is 278 g/mol. The van der Waals surface area contributed by atoms with Crippen LogP contribution < -0.4 is 10.1 Å². The number of nitrogens with one attached hydrogen (secondary N) is 1. The summed E-state index contributed by atoms with van der Waals surface area (Å²) < 4.78 is 5.38. The van der Waals surface area contributed by atoms with Crippen LogP contribution >= 0.6 is 23.4 Å². The molecule has 0 unspecified atom stereocenters. The third-order valence-electron chi connectivity index (χ3n) is 2.70. The van der Waals surface area contributed by atoms with Crippen LogP contribution in [0.5, 0.6) is 5.75 Å². The molecule has 4 heteroatoms. The summed E-state index contributed by atoms with van der Waals surface area (Å²) in [6.45, 7) is 0.790. The van der Waals surface area contributed by atoms with Gasteiger partial charge in [0.2, 0.25) is 0 Å². The van der Waals surface area contributed by atoms with Crippen LogP contribution in [-0.2, 0) is 6.54 Å². The molecule has 0 aromatic heterocycles. The van der Waals surface area contributed by atoms with E-state index in [1.54, 1.807) is 18.9 Å². The van der Waals surface area contributed by atoms with E-state index in [4.69, 9.17) is 16.3 Å². The Hall–Kier alpha value is -1.16. The molecule has 0 aliphatic heterocycles. The summed E-state index contributed by atoms with van der Waals surface area (Å²) in [5.41, 5.74) is 1.19. The zero-order valence-corrected chi connectivity index (χ0v) is 12.5. The van der Waals surface area contributed by atoms with Crippen LogP contribution in [0.2, 0.25) is 5.02 Å². The topological polar surface area (TPSA) is 21.3 Å². The lowest BCUT2D eigenvalue weighted by molar-refractivity contribution is 0.405. The zero-order valence-electron chi connectivity index (χ0n) is 10.9. The van der Waals surface area contributed by atoms with Crippen molar-refractivity contribution in [2.45, 2.75) is 16.3 Å². The van der Waals surface area contributed by atoms with Gasteiger partial charge in [-0.3, -0.25) is 0 Å². The van der Waals surface area contributed by atoms with Crippen LogP contribution in [-0.4, -0.2) is 14.2 Å². The van der Waals surface area contributed by atoms with Gasteiger partial charge in [-0.25, -0.2) is 0 Å². The minimum absolute atomic E-state index is 0.767. The van der Waals surface area contributed by atoms with E-state index in [1.807, 2.05) is 43.4 Å². The molecule has 0 saturated heterocycles. The average Bonchev–Trinajstić information content (AvgIpc) is 2.43. The van der Waals surface area contributed by atoms with E-state index < -0.39 is 0 Å². The molecule has 0 saturated carbocycles. The minimum atomic E-state index is 0.767. The monoisotopic (exact) mass is 293 g/mol. The van der Waals surface area contributed by atoms with Gasteiger partial charge in [-0.05, 0) is 30.8 Å². The van der Waals surface area contributed by atoms with Gasteiger partial charge in [0, 0.05) is 11.4 Å². The van der Waals surface area contributed by atoms with Crippen LogP contribution in [0.15, 0.2) is 52.3 Å². The SMILES string of the molecule is CNCc1cccc(Cl)c1Sc1ccccc1OC. The maximum Gasteiger partial charge on any atom is 0.132 e. The number of halogens is 1. The van der Waals surface area contributed by atoms with Gasteiger partial charge < -0.3 is 10.1 Å². The van der Waals surface area contributed by atoms with Crippen LogP contribution in [0, 0.1) is 0 Å². The van der Waals surface area contributed by atoms with Crippen molar-refractivity contribution in [2.24, 2.45) is 0 Å². The van der Waals surface area contributed by atoms with Crippen LogP contribution in [0.4, 0.5) is 0 Å². The van der Waals surface area contributed by atoms with Crippen LogP contribution in [0.25, 0.3) is 0 Å². The standard InChI is InChI=1S/C15H16ClNOS/c1-17-10-11-6-5-7-12(16)15(11)19-14-9-4-3-8-13(14)18-2/h3-9,17H,10H2,1-2H3. The molecule has 2 nitrogen and oxygen atoms in total. The Balaban J connectivity index is 2.37. The number of hydrogen-bond acceptors (Lipinski definition) is 3. The maximum absolute atomic E-state index is 6.32. The molecule has 0 amide bonds.